The van der Waals surface area contributed by atoms with Crippen LogP contribution in [0, 0.1) is 0 Å². The largest absolute Gasteiger partial charge is 0.451 e. The molecule has 1 aliphatic heterocycles. The average molecular weight is 291 g/mol. The molecule has 0 fully saturated rings. The third kappa shape index (κ3) is 2.01. The van der Waals surface area contributed by atoms with E-state index in [4.69, 9.17) is 4.42 Å². The van der Waals surface area contributed by atoms with E-state index >= 15 is 0 Å². The SMILES string of the molecule is CC1CCc2ccccc2N1C(=O)c1cc2ccccc2o1. The number of benzene rings is 2. The molecule has 0 spiro atoms. The number of hydrogen-bond donors (Lipinski definition) is 0. The summed E-state index contributed by atoms with van der Waals surface area (Å²) in [6, 6.07) is 17.9. The van der Waals surface area contributed by atoms with Gasteiger partial charge in [0.2, 0.25) is 0 Å². The molecule has 3 nitrogen and oxygen atoms in total. The van der Waals surface area contributed by atoms with Gasteiger partial charge in [0.05, 0.1) is 0 Å². The van der Waals surface area contributed by atoms with Crippen LogP contribution in [0.1, 0.15) is 29.5 Å². The normalized spacial score (nSPS) is 17.5. The topological polar surface area (TPSA) is 33.5 Å². The standard InChI is InChI=1S/C19H17NO2/c1-13-10-11-14-6-2-4-8-16(14)20(13)19(21)18-12-15-7-3-5-9-17(15)22-18/h2-9,12-13H,10-11H2,1H3. The summed E-state index contributed by atoms with van der Waals surface area (Å²) < 4.78 is 5.76. The molecule has 1 amide bonds. The Bertz CT molecular complexity index is 816. The number of furan rings is 1. The molecule has 2 aromatic carbocycles. The van der Waals surface area contributed by atoms with Crippen molar-refractivity contribution in [2.24, 2.45) is 0 Å². The van der Waals surface area contributed by atoms with Gasteiger partial charge in [-0.3, -0.25) is 4.79 Å². The van der Waals surface area contributed by atoms with Crippen molar-refractivity contribution >= 4 is 22.6 Å². The van der Waals surface area contributed by atoms with Crippen LogP contribution >= 0.6 is 0 Å². The number of nitrogens with zero attached hydrogens (tertiary/aromatic N) is 1. The Hall–Kier alpha value is -2.55. The summed E-state index contributed by atoms with van der Waals surface area (Å²) in [5.74, 6) is 0.348. The molecule has 2 heterocycles. The van der Waals surface area contributed by atoms with E-state index in [0.29, 0.717) is 5.76 Å². The molecule has 0 bridgehead atoms. The summed E-state index contributed by atoms with van der Waals surface area (Å²) in [6.45, 7) is 2.09. The van der Waals surface area contributed by atoms with Crippen molar-refractivity contribution in [3.63, 3.8) is 0 Å². The molecule has 3 aromatic rings. The van der Waals surface area contributed by atoms with E-state index in [1.807, 2.05) is 53.4 Å². The molecule has 22 heavy (non-hydrogen) atoms. The Kier molecular flexibility index (Phi) is 3.00. The van der Waals surface area contributed by atoms with Gasteiger partial charge in [0.15, 0.2) is 5.76 Å². The maximum Gasteiger partial charge on any atom is 0.294 e. The Morgan fingerprint density at radius 1 is 1.14 bits per heavy atom. The van der Waals surface area contributed by atoms with Crippen LogP contribution in [0.3, 0.4) is 0 Å². The number of anilines is 1. The number of para-hydroxylation sites is 2. The molecule has 1 unspecified atom stereocenters. The quantitative estimate of drug-likeness (QED) is 0.665. The lowest BCUT2D eigenvalue weighted by atomic mass is 9.96. The van der Waals surface area contributed by atoms with Crippen LogP contribution in [-0.2, 0) is 6.42 Å². The molecule has 0 N–H and O–H groups in total. The van der Waals surface area contributed by atoms with Gasteiger partial charge < -0.3 is 9.32 Å². The van der Waals surface area contributed by atoms with E-state index in [-0.39, 0.29) is 11.9 Å². The van der Waals surface area contributed by atoms with E-state index < -0.39 is 0 Å². The number of hydrogen-bond acceptors (Lipinski definition) is 2. The summed E-state index contributed by atoms with van der Waals surface area (Å²) in [7, 11) is 0. The summed E-state index contributed by atoms with van der Waals surface area (Å²) >= 11 is 0. The van der Waals surface area contributed by atoms with Crippen molar-refractivity contribution in [1.82, 2.24) is 0 Å². The first-order chi connectivity index (χ1) is 10.7. The zero-order valence-electron chi connectivity index (χ0n) is 12.5. The second-order valence-electron chi connectivity index (χ2n) is 5.84. The van der Waals surface area contributed by atoms with Gasteiger partial charge in [-0.05, 0) is 43.5 Å². The first kappa shape index (κ1) is 13.1. The van der Waals surface area contributed by atoms with Gasteiger partial charge in [-0.25, -0.2) is 0 Å². The lowest BCUT2D eigenvalue weighted by molar-refractivity contribution is 0.0950. The van der Waals surface area contributed by atoms with Crippen molar-refractivity contribution in [3.05, 3.63) is 65.9 Å². The molecular formula is C19H17NO2. The van der Waals surface area contributed by atoms with Crippen molar-refractivity contribution in [2.75, 3.05) is 4.90 Å². The van der Waals surface area contributed by atoms with Crippen LogP contribution in [0.15, 0.2) is 59.0 Å². The average Bonchev–Trinajstić information content (AvgIpc) is 2.98. The maximum atomic E-state index is 13.0. The monoisotopic (exact) mass is 291 g/mol. The van der Waals surface area contributed by atoms with Gasteiger partial charge in [0.1, 0.15) is 5.58 Å². The van der Waals surface area contributed by atoms with Crippen molar-refractivity contribution in [2.45, 2.75) is 25.8 Å². The molecule has 1 aromatic heterocycles. The highest BCUT2D eigenvalue weighted by atomic mass is 16.3. The lowest BCUT2D eigenvalue weighted by Crippen LogP contribution is -2.41. The molecule has 0 radical (unpaired) electrons. The number of fused-ring (bicyclic) bond motifs is 2. The van der Waals surface area contributed by atoms with Crippen LogP contribution in [0.4, 0.5) is 5.69 Å². The van der Waals surface area contributed by atoms with Crippen molar-refractivity contribution in [1.29, 1.82) is 0 Å². The zero-order valence-corrected chi connectivity index (χ0v) is 12.5. The Balaban J connectivity index is 1.78. The van der Waals surface area contributed by atoms with Gasteiger partial charge in [-0.2, -0.15) is 0 Å². The minimum Gasteiger partial charge on any atom is -0.451 e. The number of carbonyl (C=O) groups is 1. The fraction of sp³-hybridized carbons (Fsp3) is 0.211. The number of aryl methyl sites for hydroxylation is 1. The Morgan fingerprint density at radius 3 is 2.77 bits per heavy atom. The molecule has 110 valence electrons. The van der Waals surface area contributed by atoms with Crippen LogP contribution in [0.2, 0.25) is 0 Å². The van der Waals surface area contributed by atoms with E-state index in [2.05, 4.69) is 13.0 Å². The molecule has 0 saturated heterocycles. The molecular weight excluding hydrogens is 274 g/mol. The van der Waals surface area contributed by atoms with E-state index in [9.17, 15) is 4.79 Å². The van der Waals surface area contributed by atoms with Crippen molar-refractivity contribution in [3.8, 4) is 0 Å². The number of carbonyl (C=O) groups excluding carboxylic acids is 1. The van der Waals surface area contributed by atoms with Gasteiger partial charge in [0.25, 0.3) is 5.91 Å². The van der Waals surface area contributed by atoms with Gasteiger partial charge in [-0.15, -0.1) is 0 Å². The zero-order chi connectivity index (χ0) is 15.1. The fourth-order valence-corrected chi connectivity index (χ4v) is 3.20. The van der Waals surface area contributed by atoms with Gasteiger partial charge >= 0.3 is 0 Å². The van der Waals surface area contributed by atoms with Gasteiger partial charge in [-0.1, -0.05) is 36.4 Å². The minimum atomic E-state index is -0.0594. The van der Waals surface area contributed by atoms with Crippen molar-refractivity contribution < 1.29 is 9.21 Å². The second kappa shape index (κ2) is 5.02. The summed E-state index contributed by atoms with van der Waals surface area (Å²) in [5, 5.41) is 0.962. The summed E-state index contributed by atoms with van der Waals surface area (Å²) in [6.07, 6.45) is 1.99. The smallest absolute Gasteiger partial charge is 0.294 e. The van der Waals surface area contributed by atoms with Crippen LogP contribution in [0.25, 0.3) is 11.0 Å². The predicted molar refractivity (Wildman–Crippen MR) is 87.2 cm³/mol. The van der Waals surface area contributed by atoms with Crippen LogP contribution < -0.4 is 4.90 Å². The van der Waals surface area contributed by atoms with E-state index in [1.165, 1.54) is 5.56 Å². The molecule has 3 heteroatoms. The number of rotatable bonds is 1. The fourth-order valence-electron chi connectivity index (χ4n) is 3.20. The van der Waals surface area contributed by atoms with Gasteiger partial charge in [0, 0.05) is 17.1 Å². The lowest BCUT2D eigenvalue weighted by Gasteiger charge is -2.34. The maximum absolute atomic E-state index is 13.0. The Labute approximate surface area is 129 Å². The first-order valence-corrected chi connectivity index (χ1v) is 7.64. The number of amides is 1. The molecule has 0 aliphatic carbocycles. The van der Waals surface area contributed by atoms with Crippen LogP contribution in [0.5, 0.6) is 0 Å². The molecule has 0 saturated carbocycles. The van der Waals surface area contributed by atoms with E-state index in [1.54, 1.807) is 0 Å². The molecule has 1 atom stereocenters. The minimum absolute atomic E-state index is 0.0594. The second-order valence-corrected chi connectivity index (χ2v) is 5.84. The third-order valence-electron chi connectivity index (χ3n) is 4.38. The third-order valence-corrected chi connectivity index (χ3v) is 4.38. The first-order valence-electron chi connectivity index (χ1n) is 7.64. The highest BCUT2D eigenvalue weighted by Crippen LogP contribution is 2.32. The molecule has 1 aliphatic rings. The predicted octanol–water partition coefficient (Wildman–Crippen LogP) is 4.41. The van der Waals surface area contributed by atoms with Crippen LogP contribution in [-0.4, -0.2) is 11.9 Å². The van der Waals surface area contributed by atoms with E-state index in [0.717, 1.165) is 29.5 Å². The summed E-state index contributed by atoms with van der Waals surface area (Å²) in [5.41, 5.74) is 2.99. The summed E-state index contributed by atoms with van der Waals surface area (Å²) in [4.78, 5) is 14.8. The highest BCUT2D eigenvalue weighted by Gasteiger charge is 2.30. The Morgan fingerprint density at radius 2 is 1.91 bits per heavy atom. The highest BCUT2D eigenvalue weighted by molar-refractivity contribution is 6.07. The molecule has 4 rings (SSSR count).